The average molecular weight is 658 g/mol. The van der Waals surface area contributed by atoms with Crippen LogP contribution in [0.3, 0.4) is 0 Å². The molecule has 0 bridgehead atoms. The number of carbonyl (C=O) groups excluding carboxylic acids is 3. The van der Waals surface area contributed by atoms with Gasteiger partial charge in [0.2, 0.25) is 0 Å². The molecule has 12 nitrogen and oxygen atoms in total. The smallest absolute Gasteiger partial charge is 0.410 e. The summed E-state index contributed by atoms with van der Waals surface area (Å²) >= 11 is 0. The maximum atomic E-state index is 13.5. The molecule has 262 valence electrons. The molecule has 0 aliphatic heterocycles. The molecular formula is C35H55N5O7. The van der Waals surface area contributed by atoms with E-state index in [0.717, 1.165) is 5.56 Å². The molecule has 3 amide bonds. The summed E-state index contributed by atoms with van der Waals surface area (Å²) in [5, 5.41) is 0. The molecule has 0 heterocycles. The van der Waals surface area contributed by atoms with Crippen LogP contribution in [0.15, 0.2) is 36.4 Å². The fourth-order valence-corrected chi connectivity index (χ4v) is 5.01. The number of benzene rings is 2. The third kappa shape index (κ3) is 12.6. The predicted molar refractivity (Wildman–Crippen MR) is 183 cm³/mol. The Morgan fingerprint density at radius 2 is 1.04 bits per heavy atom. The minimum atomic E-state index is -0.681. The molecule has 0 spiro atoms. The summed E-state index contributed by atoms with van der Waals surface area (Å²) in [6.07, 6.45) is 1.88. The monoisotopic (exact) mass is 657 g/mol. The minimum absolute atomic E-state index is 0.121. The molecule has 2 aromatic rings. The standard InChI is InChI=1S/C35H55N5O7/c1-26-12-13-27(24-30(26)45-6)32(41)38(18-8-16-36)20-10-22-40(34(43)47-35(2,3)4)23-11-21-39(19-9-17-37)33(42)28-14-15-29(44-5)31(25-28)46-7/h12-15,24-25H,8-11,16-23,36-37H2,1-7H3. The molecule has 47 heavy (non-hydrogen) atoms. The van der Waals surface area contributed by atoms with Gasteiger partial charge in [-0.2, -0.15) is 0 Å². The van der Waals surface area contributed by atoms with Gasteiger partial charge in [-0.15, -0.1) is 0 Å². The van der Waals surface area contributed by atoms with E-state index >= 15 is 0 Å². The molecule has 0 saturated carbocycles. The second-order valence-electron chi connectivity index (χ2n) is 12.3. The summed E-state index contributed by atoms with van der Waals surface area (Å²) in [5.41, 5.74) is 12.8. The zero-order valence-electron chi connectivity index (χ0n) is 29.3. The Bertz CT molecular complexity index is 1300. The van der Waals surface area contributed by atoms with E-state index in [2.05, 4.69) is 0 Å². The van der Waals surface area contributed by atoms with Gasteiger partial charge in [-0.1, -0.05) is 6.07 Å². The van der Waals surface area contributed by atoms with E-state index in [0.29, 0.717) is 106 Å². The molecule has 0 atom stereocenters. The maximum absolute atomic E-state index is 13.5. The first-order valence-electron chi connectivity index (χ1n) is 16.2. The summed E-state index contributed by atoms with van der Waals surface area (Å²) < 4.78 is 21.8. The number of ether oxygens (including phenoxy) is 4. The number of methoxy groups -OCH3 is 3. The van der Waals surface area contributed by atoms with Crippen molar-refractivity contribution in [1.29, 1.82) is 0 Å². The van der Waals surface area contributed by atoms with Gasteiger partial charge < -0.3 is 45.1 Å². The van der Waals surface area contributed by atoms with Crippen LogP contribution in [0.25, 0.3) is 0 Å². The van der Waals surface area contributed by atoms with Crippen LogP contribution in [0, 0.1) is 6.92 Å². The molecule has 0 radical (unpaired) electrons. The normalized spacial score (nSPS) is 11.1. The highest BCUT2D eigenvalue weighted by Crippen LogP contribution is 2.28. The van der Waals surface area contributed by atoms with Crippen LogP contribution in [0.4, 0.5) is 4.79 Å². The second-order valence-corrected chi connectivity index (χ2v) is 12.3. The van der Waals surface area contributed by atoms with Gasteiger partial charge in [0.15, 0.2) is 11.5 Å². The summed E-state index contributed by atoms with van der Waals surface area (Å²) in [7, 11) is 4.65. The molecule has 0 fully saturated rings. The Morgan fingerprint density at radius 1 is 0.617 bits per heavy atom. The van der Waals surface area contributed by atoms with E-state index in [9.17, 15) is 14.4 Å². The first-order chi connectivity index (χ1) is 22.4. The van der Waals surface area contributed by atoms with Crippen LogP contribution in [-0.4, -0.2) is 112 Å². The molecule has 0 aromatic heterocycles. The molecular weight excluding hydrogens is 602 g/mol. The molecule has 0 unspecified atom stereocenters. The van der Waals surface area contributed by atoms with E-state index in [4.69, 9.17) is 30.4 Å². The van der Waals surface area contributed by atoms with Crippen LogP contribution in [-0.2, 0) is 4.74 Å². The van der Waals surface area contributed by atoms with Crippen molar-refractivity contribution in [2.75, 3.05) is 73.7 Å². The second kappa shape index (κ2) is 19.6. The summed E-state index contributed by atoms with van der Waals surface area (Å²) in [6.45, 7) is 10.8. The van der Waals surface area contributed by atoms with Crippen molar-refractivity contribution in [3.05, 3.63) is 53.1 Å². The van der Waals surface area contributed by atoms with Gasteiger partial charge in [0.1, 0.15) is 11.4 Å². The average Bonchev–Trinajstić information content (AvgIpc) is 3.05. The van der Waals surface area contributed by atoms with E-state index in [-0.39, 0.29) is 11.8 Å². The predicted octanol–water partition coefficient (Wildman–Crippen LogP) is 4.32. The lowest BCUT2D eigenvalue weighted by Gasteiger charge is -2.30. The van der Waals surface area contributed by atoms with Crippen molar-refractivity contribution in [3.63, 3.8) is 0 Å². The molecule has 4 N–H and O–H groups in total. The van der Waals surface area contributed by atoms with Crippen molar-refractivity contribution in [1.82, 2.24) is 14.7 Å². The van der Waals surface area contributed by atoms with Crippen LogP contribution >= 0.6 is 0 Å². The van der Waals surface area contributed by atoms with Crippen LogP contribution < -0.4 is 25.7 Å². The van der Waals surface area contributed by atoms with Gasteiger partial charge in [-0.3, -0.25) is 9.59 Å². The largest absolute Gasteiger partial charge is 0.496 e. The van der Waals surface area contributed by atoms with Gasteiger partial charge in [0, 0.05) is 50.4 Å². The number of nitrogens with zero attached hydrogens (tertiary/aromatic N) is 3. The fraction of sp³-hybridized carbons (Fsp3) is 0.571. The number of hydrogen-bond donors (Lipinski definition) is 2. The molecule has 0 saturated heterocycles. The van der Waals surface area contributed by atoms with Crippen molar-refractivity contribution in [2.24, 2.45) is 11.5 Å². The first-order valence-corrected chi connectivity index (χ1v) is 16.2. The molecule has 0 aliphatic rings. The summed E-state index contributed by atoms with van der Waals surface area (Å²) in [5.74, 6) is 1.37. The van der Waals surface area contributed by atoms with Crippen LogP contribution in [0.2, 0.25) is 0 Å². The number of aryl methyl sites for hydroxylation is 1. The Morgan fingerprint density at radius 3 is 1.49 bits per heavy atom. The summed E-state index contributed by atoms with van der Waals surface area (Å²) in [6, 6.07) is 10.5. The summed E-state index contributed by atoms with van der Waals surface area (Å²) in [4.78, 5) is 45.4. The Labute approximate surface area is 280 Å². The Balaban J connectivity index is 2.16. The number of carbonyl (C=O) groups is 3. The third-order valence-electron chi connectivity index (χ3n) is 7.49. The van der Waals surface area contributed by atoms with E-state index in [1.807, 2.05) is 33.8 Å². The van der Waals surface area contributed by atoms with Crippen LogP contribution in [0.5, 0.6) is 17.2 Å². The molecule has 2 aromatic carbocycles. The van der Waals surface area contributed by atoms with Gasteiger partial charge >= 0.3 is 6.09 Å². The SMILES string of the molecule is COc1cc(C(=O)N(CCCN)CCCN(CCCN(CCCN)C(=O)c2ccc(OC)c(OC)c2)C(=O)OC(C)(C)C)ccc1C. The third-order valence-corrected chi connectivity index (χ3v) is 7.49. The molecule has 12 heteroatoms. The maximum Gasteiger partial charge on any atom is 0.410 e. The van der Waals surface area contributed by atoms with Crippen LogP contribution in [0.1, 0.15) is 72.7 Å². The van der Waals surface area contributed by atoms with E-state index in [1.54, 1.807) is 59.3 Å². The van der Waals surface area contributed by atoms with E-state index < -0.39 is 11.7 Å². The quantitative estimate of drug-likeness (QED) is 0.225. The van der Waals surface area contributed by atoms with Gasteiger partial charge in [0.25, 0.3) is 11.8 Å². The van der Waals surface area contributed by atoms with Crippen molar-refractivity contribution in [2.45, 2.75) is 59.0 Å². The zero-order valence-corrected chi connectivity index (χ0v) is 29.3. The van der Waals surface area contributed by atoms with Crippen molar-refractivity contribution < 1.29 is 33.3 Å². The highest BCUT2D eigenvalue weighted by molar-refractivity contribution is 5.95. The van der Waals surface area contributed by atoms with Crippen molar-refractivity contribution >= 4 is 17.9 Å². The van der Waals surface area contributed by atoms with Gasteiger partial charge in [-0.25, -0.2) is 4.79 Å². The fourth-order valence-electron chi connectivity index (χ4n) is 5.01. The van der Waals surface area contributed by atoms with Gasteiger partial charge in [-0.05, 0) is 102 Å². The Hall–Kier alpha value is -4.03. The lowest BCUT2D eigenvalue weighted by molar-refractivity contribution is 0.0237. The van der Waals surface area contributed by atoms with E-state index in [1.165, 1.54) is 7.11 Å². The topological polar surface area (TPSA) is 150 Å². The lowest BCUT2D eigenvalue weighted by atomic mass is 10.1. The molecule has 2 rings (SSSR count). The number of hydrogen-bond acceptors (Lipinski definition) is 9. The number of rotatable bonds is 19. The Kier molecular flexibility index (Phi) is 16.3. The highest BCUT2D eigenvalue weighted by atomic mass is 16.6. The lowest BCUT2D eigenvalue weighted by Crippen LogP contribution is -2.41. The van der Waals surface area contributed by atoms with Gasteiger partial charge in [0.05, 0.1) is 21.3 Å². The minimum Gasteiger partial charge on any atom is -0.496 e. The molecule has 0 aliphatic carbocycles. The first kappa shape index (κ1) is 39.1. The number of nitrogens with two attached hydrogens (primary N) is 2. The van der Waals surface area contributed by atoms with Crippen molar-refractivity contribution in [3.8, 4) is 17.2 Å². The highest BCUT2D eigenvalue weighted by Gasteiger charge is 2.24. The zero-order chi connectivity index (χ0) is 35.0. The number of amides is 3.